The minimum atomic E-state index is -0.372. The van der Waals surface area contributed by atoms with Gasteiger partial charge in [-0.2, -0.15) is 0 Å². The highest BCUT2D eigenvalue weighted by Crippen LogP contribution is 2.30. The number of nitrogen functional groups attached to an aromatic ring is 1. The Hall–Kier alpha value is -2.99. The van der Waals surface area contributed by atoms with E-state index in [0.29, 0.717) is 33.5 Å². The Morgan fingerprint density at radius 1 is 1.00 bits per heavy atom. The summed E-state index contributed by atoms with van der Waals surface area (Å²) in [5, 5.41) is 0.669. The molecule has 0 bridgehead atoms. The Bertz CT molecular complexity index is 1220. The number of pyridine rings is 2. The first kappa shape index (κ1) is 17.4. The molecule has 4 nitrogen and oxygen atoms in total. The van der Waals surface area contributed by atoms with Crippen molar-refractivity contribution in [2.24, 2.45) is 0 Å². The maximum atomic E-state index is 13.4. The molecule has 2 aromatic carbocycles. The van der Waals surface area contributed by atoms with Crippen LogP contribution in [0.5, 0.6) is 0 Å². The number of hydrogen-bond donors (Lipinski definition) is 1. The monoisotopic (exact) mass is 423 g/mol. The zero-order valence-electron chi connectivity index (χ0n) is 14.4. The molecule has 0 unspecified atom stereocenters. The molecule has 0 aliphatic rings. The molecule has 134 valence electrons. The number of hydrogen-bond acceptors (Lipinski definition) is 3. The fourth-order valence-electron chi connectivity index (χ4n) is 3.11. The molecule has 4 aromatic rings. The van der Waals surface area contributed by atoms with Crippen molar-refractivity contribution in [1.29, 1.82) is 0 Å². The Kier molecular flexibility index (Phi) is 4.28. The summed E-state index contributed by atoms with van der Waals surface area (Å²) in [6, 6.07) is 16.8. The van der Waals surface area contributed by atoms with Crippen molar-refractivity contribution >= 4 is 32.7 Å². The van der Waals surface area contributed by atoms with E-state index in [1.54, 1.807) is 16.7 Å². The van der Waals surface area contributed by atoms with Gasteiger partial charge in [-0.05, 0) is 61.0 Å². The zero-order chi connectivity index (χ0) is 19.1. The summed E-state index contributed by atoms with van der Waals surface area (Å²) in [4.78, 5) is 18.0. The van der Waals surface area contributed by atoms with Crippen LogP contribution in [0.3, 0.4) is 0 Å². The highest BCUT2D eigenvalue weighted by molar-refractivity contribution is 9.10. The zero-order valence-corrected chi connectivity index (χ0v) is 16.0. The van der Waals surface area contributed by atoms with Crippen molar-refractivity contribution < 1.29 is 4.39 Å². The van der Waals surface area contributed by atoms with Gasteiger partial charge in [-0.3, -0.25) is 9.36 Å². The topological polar surface area (TPSA) is 60.9 Å². The Labute approximate surface area is 163 Å². The molecule has 0 amide bonds. The fraction of sp³-hybridized carbons (Fsp3) is 0.0476. The number of aryl methyl sites for hydroxylation is 1. The van der Waals surface area contributed by atoms with Crippen LogP contribution in [-0.2, 0) is 0 Å². The van der Waals surface area contributed by atoms with Gasteiger partial charge >= 0.3 is 0 Å². The van der Waals surface area contributed by atoms with Gasteiger partial charge in [0, 0.05) is 15.6 Å². The van der Waals surface area contributed by atoms with Gasteiger partial charge in [-0.25, -0.2) is 9.37 Å². The number of fused-ring (bicyclic) bond motifs is 1. The molecule has 2 N–H and O–H groups in total. The summed E-state index contributed by atoms with van der Waals surface area (Å²) in [7, 11) is 0. The third-order valence-corrected chi connectivity index (χ3v) is 4.95. The van der Waals surface area contributed by atoms with E-state index >= 15 is 0 Å². The third kappa shape index (κ3) is 3.02. The van der Waals surface area contributed by atoms with Crippen LogP contribution in [-0.4, -0.2) is 9.55 Å². The average Bonchev–Trinajstić information content (AvgIpc) is 2.65. The molecular formula is C21H15BrFN3O. The minimum absolute atomic E-state index is 0.299. The lowest BCUT2D eigenvalue weighted by Gasteiger charge is -2.16. The van der Waals surface area contributed by atoms with Crippen molar-refractivity contribution in [2.45, 2.75) is 6.92 Å². The van der Waals surface area contributed by atoms with Gasteiger partial charge in [-0.1, -0.05) is 28.1 Å². The van der Waals surface area contributed by atoms with Crippen LogP contribution in [0.1, 0.15) is 5.69 Å². The summed E-state index contributed by atoms with van der Waals surface area (Å²) in [5.74, 6) is -0.372. The van der Waals surface area contributed by atoms with Gasteiger partial charge in [0.2, 0.25) is 0 Å². The van der Waals surface area contributed by atoms with Crippen molar-refractivity contribution in [3.8, 4) is 16.8 Å². The normalized spacial score (nSPS) is 11.1. The number of nitrogens with two attached hydrogens (primary N) is 1. The van der Waals surface area contributed by atoms with E-state index in [2.05, 4.69) is 20.9 Å². The van der Waals surface area contributed by atoms with Gasteiger partial charge in [0.25, 0.3) is 5.56 Å². The first-order chi connectivity index (χ1) is 13.0. The number of halogens is 2. The van der Waals surface area contributed by atoms with E-state index in [9.17, 15) is 9.18 Å². The van der Waals surface area contributed by atoms with Gasteiger partial charge in [0.05, 0.1) is 16.9 Å². The van der Waals surface area contributed by atoms with E-state index in [0.717, 1.165) is 10.2 Å². The van der Waals surface area contributed by atoms with Crippen LogP contribution < -0.4 is 11.3 Å². The molecule has 0 fully saturated rings. The van der Waals surface area contributed by atoms with Crippen molar-refractivity contribution in [2.75, 3.05) is 5.73 Å². The molecule has 4 rings (SSSR count). The maximum absolute atomic E-state index is 13.4. The van der Waals surface area contributed by atoms with Crippen LogP contribution >= 0.6 is 15.9 Å². The van der Waals surface area contributed by atoms with E-state index in [1.165, 1.54) is 12.1 Å². The summed E-state index contributed by atoms with van der Waals surface area (Å²) >= 11 is 3.41. The maximum Gasteiger partial charge on any atom is 0.266 e. The third-order valence-electron chi connectivity index (χ3n) is 4.42. The molecule has 0 saturated carbocycles. The van der Waals surface area contributed by atoms with Crippen LogP contribution in [0.15, 0.2) is 69.9 Å². The summed E-state index contributed by atoms with van der Waals surface area (Å²) in [5.41, 5.74) is 9.23. The SMILES string of the molecule is Cc1ccc2c(N)c(-c3ccc(F)cc3)c(=O)n(-c3ccc(Br)cc3)c2n1. The minimum Gasteiger partial charge on any atom is -0.397 e. The van der Waals surface area contributed by atoms with Crippen LogP contribution in [0.2, 0.25) is 0 Å². The highest BCUT2D eigenvalue weighted by Gasteiger charge is 2.18. The van der Waals surface area contributed by atoms with Gasteiger partial charge in [0.1, 0.15) is 11.5 Å². The molecule has 0 saturated heterocycles. The fourth-order valence-corrected chi connectivity index (χ4v) is 3.37. The van der Waals surface area contributed by atoms with Gasteiger partial charge in [-0.15, -0.1) is 0 Å². The molecule has 0 radical (unpaired) electrons. The van der Waals surface area contributed by atoms with E-state index in [1.807, 2.05) is 43.3 Å². The summed E-state index contributed by atoms with van der Waals surface area (Å²) in [6.45, 7) is 1.86. The highest BCUT2D eigenvalue weighted by atomic mass is 79.9. The predicted molar refractivity (Wildman–Crippen MR) is 110 cm³/mol. The second-order valence-corrected chi connectivity index (χ2v) is 7.15. The van der Waals surface area contributed by atoms with Crippen LogP contribution in [0, 0.1) is 12.7 Å². The lowest BCUT2D eigenvalue weighted by Crippen LogP contribution is -2.23. The first-order valence-corrected chi connectivity index (χ1v) is 9.09. The molecule has 0 atom stereocenters. The number of rotatable bonds is 2. The summed E-state index contributed by atoms with van der Waals surface area (Å²) in [6.07, 6.45) is 0. The number of benzene rings is 2. The number of anilines is 1. The summed E-state index contributed by atoms with van der Waals surface area (Å²) < 4.78 is 15.8. The Morgan fingerprint density at radius 3 is 2.33 bits per heavy atom. The molecular weight excluding hydrogens is 409 g/mol. The van der Waals surface area contributed by atoms with Crippen LogP contribution in [0.25, 0.3) is 27.8 Å². The second-order valence-electron chi connectivity index (χ2n) is 6.24. The van der Waals surface area contributed by atoms with Gasteiger partial charge < -0.3 is 5.73 Å². The largest absolute Gasteiger partial charge is 0.397 e. The van der Waals surface area contributed by atoms with Crippen molar-refractivity contribution in [1.82, 2.24) is 9.55 Å². The smallest absolute Gasteiger partial charge is 0.266 e. The predicted octanol–water partition coefficient (Wildman–Crippen LogP) is 4.84. The molecule has 0 aliphatic carbocycles. The Morgan fingerprint density at radius 2 is 1.67 bits per heavy atom. The molecule has 0 spiro atoms. The molecule has 2 heterocycles. The van der Waals surface area contributed by atoms with E-state index in [-0.39, 0.29) is 11.4 Å². The first-order valence-electron chi connectivity index (χ1n) is 8.29. The molecule has 2 aromatic heterocycles. The molecule has 0 aliphatic heterocycles. The standard InChI is InChI=1S/C21H15BrFN3O/c1-12-2-11-17-19(24)18(13-3-7-15(23)8-4-13)21(27)26(20(17)25-12)16-9-5-14(22)6-10-16/h2-11H,24H2,1H3. The van der Waals surface area contributed by atoms with Gasteiger partial charge in [0.15, 0.2) is 0 Å². The molecule has 27 heavy (non-hydrogen) atoms. The second kappa shape index (κ2) is 6.63. The number of nitrogens with zero attached hydrogens (tertiary/aromatic N) is 2. The lowest BCUT2D eigenvalue weighted by molar-refractivity contribution is 0.628. The van der Waals surface area contributed by atoms with E-state index in [4.69, 9.17) is 5.73 Å². The number of aromatic nitrogens is 2. The van der Waals surface area contributed by atoms with E-state index < -0.39 is 0 Å². The average molecular weight is 424 g/mol. The van der Waals surface area contributed by atoms with Crippen molar-refractivity contribution in [3.63, 3.8) is 0 Å². The lowest BCUT2D eigenvalue weighted by atomic mass is 10.0. The Balaban J connectivity index is 2.14. The van der Waals surface area contributed by atoms with Crippen molar-refractivity contribution in [3.05, 3.63) is 87.0 Å². The van der Waals surface area contributed by atoms with Crippen LogP contribution in [0.4, 0.5) is 10.1 Å². The quantitative estimate of drug-likeness (QED) is 0.501. The molecule has 6 heteroatoms.